The first kappa shape index (κ1) is 13.3. The maximum atomic E-state index is 11.9. The summed E-state index contributed by atoms with van der Waals surface area (Å²) in [6.45, 7) is 6.41. The summed E-state index contributed by atoms with van der Waals surface area (Å²) in [6.07, 6.45) is 1.19. The number of aryl methyl sites for hydroxylation is 1. The van der Waals surface area contributed by atoms with Crippen LogP contribution in [0.25, 0.3) is 0 Å². The molecule has 0 saturated heterocycles. The van der Waals surface area contributed by atoms with E-state index in [1.807, 2.05) is 31.2 Å². The molecule has 16 heavy (non-hydrogen) atoms. The van der Waals surface area contributed by atoms with Crippen molar-refractivity contribution in [3.63, 3.8) is 0 Å². The SMILES string of the molecule is CCC(C)CSCC(=O)c1ccccc1C. The van der Waals surface area contributed by atoms with Crippen LogP contribution in [0.4, 0.5) is 0 Å². The van der Waals surface area contributed by atoms with Gasteiger partial charge in [-0.1, -0.05) is 44.5 Å². The number of benzene rings is 1. The molecule has 0 radical (unpaired) electrons. The minimum atomic E-state index is 0.256. The minimum Gasteiger partial charge on any atom is -0.293 e. The Bertz CT molecular complexity index is 346. The van der Waals surface area contributed by atoms with Gasteiger partial charge in [0.25, 0.3) is 0 Å². The average Bonchev–Trinajstić information content (AvgIpc) is 2.29. The molecule has 0 heterocycles. The van der Waals surface area contributed by atoms with Crippen molar-refractivity contribution < 1.29 is 4.79 Å². The number of ketones is 1. The van der Waals surface area contributed by atoms with E-state index in [4.69, 9.17) is 0 Å². The third-order valence-electron chi connectivity index (χ3n) is 2.78. The van der Waals surface area contributed by atoms with Crippen LogP contribution in [-0.4, -0.2) is 17.3 Å². The third-order valence-corrected chi connectivity index (χ3v) is 4.05. The van der Waals surface area contributed by atoms with Crippen LogP contribution < -0.4 is 0 Å². The van der Waals surface area contributed by atoms with Crippen molar-refractivity contribution in [2.45, 2.75) is 27.2 Å². The lowest BCUT2D eigenvalue weighted by Crippen LogP contribution is -2.06. The van der Waals surface area contributed by atoms with E-state index in [0.717, 1.165) is 16.9 Å². The van der Waals surface area contributed by atoms with Crippen molar-refractivity contribution >= 4 is 17.5 Å². The van der Waals surface area contributed by atoms with Crippen LogP contribution in [0.5, 0.6) is 0 Å². The number of Topliss-reactive ketones (excluding diaryl/α,β-unsaturated/α-hetero) is 1. The first-order valence-electron chi connectivity index (χ1n) is 5.81. The molecule has 0 saturated carbocycles. The Morgan fingerprint density at radius 1 is 1.38 bits per heavy atom. The molecule has 1 aromatic carbocycles. The molecule has 0 spiro atoms. The van der Waals surface area contributed by atoms with Gasteiger partial charge in [0.05, 0.1) is 5.75 Å². The molecule has 2 heteroatoms. The zero-order valence-electron chi connectivity index (χ0n) is 10.3. The molecule has 1 aromatic rings. The fourth-order valence-electron chi connectivity index (χ4n) is 1.43. The largest absolute Gasteiger partial charge is 0.293 e. The molecular weight excluding hydrogens is 216 g/mol. The van der Waals surface area contributed by atoms with Crippen molar-refractivity contribution in [3.05, 3.63) is 35.4 Å². The van der Waals surface area contributed by atoms with Crippen LogP contribution in [0.1, 0.15) is 36.2 Å². The number of hydrogen-bond donors (Lipinski definition) is 0. The first-order valence-corrected chi connectivity index (χ1v) is 6.97. The summed E-state index contributed by atoms with van der Waals surface area (Å²) in [5.74, 6) is 2.64. The van der Waals surface area contributed by atoms with Gasteiger partial charge in [-0.05, 0) is 24.2 Å². The highest BCUT2D eigenvalue weighted by Crippen LogP contribution is 2.15. The quantitative estimate of drug-likeness (QED) is 0.695. The normalized spacial score (nSPS) is 12.4. The van der Waals surface area contributed by atoms with Gasteiger partial charge < -0.3 is 0 Å². The minimum absolute atomic E-state index is 0.256. The van der Waals surface area contributed by atoms with Crippen LogP contribution in [0.3, 0.4) is 0 Å². The molecule has 0 fully saturated rings. The smallest absolute Gasteiger partial charge is 0.172 e. The van der Waals surface area contributed by atoms with Crippen LogP contribution in [0.15, 0.2) is 24.3 Å². The van der Waals surface area contributed by atoms with E-state index in [-0.39, 0.29) is 5.78 Å². The molecule has 0 aliphatic rings. The first-order chi connectivity index (χ1) is 7.65. The van der Waals surface area contributed by atoms with Crippen LogP contribution >= 0.6 is 11.8 Å². The third kappa shape index (κ3) is 4.01. The molecule has 0 aromatic heterocycles. The van der Waals surface area contributed by atoms with E-state index in [0.29, 0.717) is 11.7 Å². The standard InChI is InChI=1S/C14H20OS/c1-4-11(2)9-16-10-14(15)13-8-6-5-7-12(13)3/h5-8,11H,4,9-10H2,1-3H3. The lowest BCUT2D eigenvalue weighted by Gasteiger charge is -2.08. The number of thioether (sulfide) groups is 1. The Hall–Kier alpha value is -0.760. The molecule has 1 rings (SSSR count). The second-order valence-electron chi connectivity index (χ2n) is 4.27. The summed E-state index contributed by atoms with van der Waals surface area (Å²) in [5, 5.41) is 0. The van der Waals surface area contributed by atoms with E-state index < -0.39 is 0 Å². The van der Waals surface area contributed by atoms with E-state index in [1.165, 1.54) is 6.42 Å². The maximum absolute atomic E-state index is 11.9. The highest BCUT2D eigenvalue weighted by atomic mass is 32.2. The van der Waals surface area contributed by atoms with Gasteiger partial charge >= 0.3 is 0 Å². The second-order valence-corrected chi connectivity index (χ2v) is 5.30. The molecule has 1 unspecified atom stereocenters. The second kappa shape index (κ2) is 6.74. The molecule has 0 N–H and O–H groups in total. The van der Waals surface area contributed by atoms with Gasteiger partial charge in [0.1, 0.15) is 0 Å². The molecule has 88 valence electrons. The van der Waals surface area contributed by atoms with E-state index in [9.17, 15) is 4.79 Å². The van der Waals surface area contributed by atoms with Crippen molar-refractivity contribution in [2.24, 2.45) is 5.92 Å². The van der Waals surface area contributed by atoms with Crippen molar-refractivity contribution in [1.29, 1.82) is 0 Å². The zero-order valence-corrected chi connectivity index (χ0v) is 11.1. The predicted molar refractivity (Wildman–Crippen MR) is 72.3 cm³/mol. The summed E-state index contributed by atoms with van der Waals surface area (Å²) in [4.78, 5) is 11.9. The Kier molecular flexibility index (Phi) is 5.61. The summed E-state index contributed by atoms with van der Waals surface area (Å²) in [5.41, 5.74) is 1.95. The molecule has 1 atom stereocenters. The van der Waals surface area contributed by atoms with E-state index >= 15 is 0 Å². The van der Waals surface area contributed by atoms with Gasteiger partial charge in [-0.15, -0.1) is 0 Å². The highest BCUT2D eigenvalue weighted by Gasteiger charge is 2.08. The van der Waals surface area contributed by atoms with Gasteiger partial charge in [0, 0.05) is 5.56 Å². The molecule has 0 amide bonds. The predicted octanol–water partition coefficient (Wildman–Crippen LogP) is 3.96. The van der Waals surface area contributed by atoms with E-state index in [2.05, 4.69) is 13.8 Å². The Morgan fingerprint density at radius 2 is 2.06 bits per heavy atom. The topological polar surface area (TPSA) is 17.1 Å². The monoisotopic (exact) mass is 236 g/mol. The van der Waals surface area contributed by atoms with Gasteiger partial charge in [-0.2, -0.15) is 11.8 Å². The number of carbonyl (C=O) groups excluding carboxylic acids is 1. The summed E-state index contributed by atoms with van der Waals surface area (Å²) in [7, 11) is 0. The molecule has 0 bridgehead atoms. The van der Waals surface area contributed by atoms with Crippen molar-refractivity contribution in [1.82, 2.24) is 0 Å². The van der Waals surface area contributed by atoms with Crippen molar-refractivity contribution in [3.8, 4) is 0 Å². The number of rotatable bonds is 6. The van der Waals surface area contributed by atoms with Gasteiger partial charge in [0.15, 0.2) is 5.78 Å². The molecule has 1 nitrogen and oxygen atoms in total. The highest BCUT2D eigenvalue weighted by molar-refractivity contribution is 7.99. The zero-order chi connectivity index (χ0) is 12.0. The van der Waals surface area contributed by atoms with Gasteiger partial charge in [0.2, 0.25) is 0 Å². The average molecular weight is 236 g/mol. The Balaban J connectivity index is 2.44. The fraction of sp³-hybridized carbons (Fsp3) is 0.500. The molecular formula is C14H20OS. The number of carbonyl (C=O) groups is 1. The fourth-order valence-corrected chi connectivity index (χ4v) is 2.53. The van der Waals surface area contributed by atoms with Gasteiger partial charge in [-0.25, -0.2) is 0 Å². The Morgan fingerprint density at radius 3 is 2.69 bits per heavy atom. The van der Waals surface area contributed by atoms with Crippen molar-refractivity contribution in [2.75, 3.05) is 11.5 Å². The summed E-state index contributed by atoms with van der Waals surface area (Å²) in [6, 6.07) is 7.81. The Labute approximate surface area is 103 Å². The molecule has 0 aliphatic heterocycles. The lowest BCUT2D eigenvalue weighted by atomic mass is 10.1. The van der Waals surface area contributed by atoms with Crippen LogP contribution in [0.2, 0.25) is 0 Å². The summed E-state index contributed by atoms with van der Waals surface area (Å²) < 4.78 is 0. The van der Waals surface area contributed by atoms with Crippen LogP contribution in [-0.2, 0) is 0 Å². The van der Waals surface area contributed by atoms with E-state index in [1.54, 1.807) is 11.8 Å². The maximum Gasteiger partial charge on any atom is 0.172 e. The van der Waals surface area contributed by atoms with Gasteiger partial charge in [-0.3, -0.25) is 4.79 Å². The molecule has 0 aliphatic carbocycles. The van der Waals surface area contributed by atoms with Crippen LogP contribution in [0, 0.1) is 12.8 Å². The number of hydrogen-bond acceptors (Lipinski definition) is 2. The lowest BCUT2D eigenvalue weighted by molar-refractivity contribution is 0.102. The summed E-state index contributed by atoms with van der Waals surface area (Å²) >= 11 is 1.75.